The number of oxazole rings is 1. The van der Waals surface area contributed by atoms with Crippen molar-refractivity contribution >= 4 is 22.8 Å². The maximum absolute atomic E-state index is 12.6. The number of aromatic nitrogens is 2. The molecule has 0 aliphatic carbocycles. The highest BCUT2D eigenvalue weighted by molar-refractivity contribution is 5.95. The second kappa shape index (κ2) is 10.6. The number of pyridine rings is 1. The number of likely N-dealkylation sites (tertiary alicyclic amines) is 1. The summed E-state index contributed by atoms with van der Waals surface area (Å²) in [4.78, 5) is 25.9. The zero-order chi connectivity index (χ0) is 22.3. The van der Waals surface area contributed by atoms with Gasteiger partial charge in [-0.25, -0.2) is 9.97 Å². The number of nitrogens with one attached hydrogen (secondary N) is 1. The quantitative estimate of drug-likeness (QED) is 0.493. The first kappa shape index (κ1) is 22.3. The molecule has 0 unspecified atom stereocenters. The zero-order valence-electron chi connectivity index (χ0n) is 19.1. The number of anilines is 1. The number of amides is 1. The maximum Gasteiger partial charge on any atom is 0.253 e. The van der Waals surface area contributed by atoms with E-state index >= 15 is 0 Å². The topological polar surface area (TPSA) is 74.5 Å². The van der Waals surface area contributed by atoms with Crippen molar-refractivity contribution in [2.75, 3.05) is 44.6 Å². The summed E-state index contributed by atoms with van der Waals surface area (Å²) in [6.07, 6.45) is 6.52. The van der Waals surface area contributed by atoms with Gasteiger partial charge in [-0.15, -0.1) is 0 Å². The van der Waals surface area contributed by atoms with Crippen molar-refractivity contribution in [1.82, 2.24) is 19.8 Å². The molecule has 0 spiro atoms. The van der Waals surface area contributed by atoms with Gasteiger partial charge in [0, 0.05) is 30.8 Å². The Kier molecular flexibility index (Phi) is 7.37. The van der Waals surface area contributed by atoms with Gasteiger partial charge >= 0.3 is 0 Å². The Balaban J connectivity index is 1.46. The van der Waals surface area contributed by atoms with E-state index in [1.807, 2.05) is 49.1 Å². The smallest absolute Gasteiger partial charge is 0.253 e. The van der Waals surface area contributed by atoms with E-state index in [1.54, 1.807) is 0 Å². The number of benzene rings is 1. The van der Waals surface area contributed by atoms with Crippen molar-refractivity contribution in [3.63, 3.8) is 0 Å². The molecule has 0 bridgehead atoms. The molecule has 32 heavy (non-hydrogen) atoms. The molecule has 1 N–H and O–H groups in total. The average Bonchev–Trinajstić information content (AvgIpc) is 3.32. The molecule has 3 aromatic rings. The van der Waals surface area contributed by atoms with Gasteiger partial charge < -0.3 is 19.5 Å². The van der Waals surface area contributed by atoms with Crippen molar-refractivity contribution in [3.8, 4) is 11.3 Å². The van der Waals surface area contributed by atoms with Crippen LogP contribution in [-0.4, -0.2) is 64.9 Å². The minimum absolute atomic E-state index is 0.0521. The van der Waals surface area contributed by atoms with Crippen LogP contribution in [0.5, 0.6) is 0 Å². The lowest BCUT2D eigenvalue weighted by molar-refractivity contribution is 0.0773. The number of fused-ring (bicyclic) bond motifs is 1. The van der Waals surface area contributed by atoms with Crippen LogP contribution in [0.15, 0.2) is 41.1 Å². The molecule has 7 heteroatoms. The summed E-state index contributed by atoms with van der Waals surface area (Å²) < 4.78 is 5.51. The Morgan fingerprint density at radius 1 is 1.12 bits per heavy atom. The van der Waals surface area contributed by atoms with Gasteiger partial charge in [0.05, 0.1) is 11.4 Å². The van der Waals surface area contributed by atoms with Crippen LogP contribution < -0.4 is 5.32 Å². The van der Waals surface area contributed by atoms with Crippen molar-refractivity contribution in [3.05, 3.63) is 42.3 Å². The highest BCUT2D eigenvalue weighted by Crippen LogP contribution is 2.28. The van der Waals surface area contributed by atoms with Gasteiger partial charge in [-0.2, -0.15) is 0 Å². The van der Waals surface area contributed by atoms with Gasteiger partial charge in [-0.05, 0) is 70.9 Å². The third kappa shape index (κ3) is 5.10. The fraction of sp³-hybridized carbons (Fsp3) is 0.480. The van der Waals surface area contributed by atoms with Gasteiger partial charge in [0.2, 0.25) is 5.71 Å². The molecule has 0 radical (unpaired) electrons. The predicted octanol–water partition coefficient (Wildman–Crippen LogP) is 4.66. The van der Waals surface area contributed by atoms with Crippen LogP contribution in [0.1, 0.15) is 49.9 Å². The Hall–Kier alpha value is -2.93. The van der Waals surface area contributed by atoms with E-state index in [0.29, 0.717) is 24.4 Å². The molecule has 1 fully saturated rings. The Bertz CT molecular complexity index is 1020. The van der Waals surface area contributed by atoms with Crippen LogP contribution in [0.4, 0.5) is 5.69 Å². The predicted molar refractivity (Wildman–Crippen MR) is 128 cm³/mol. The fourth-order valence-electron chi connectivity index (χ4n) is 4.32. The summed E-state index contributed by atoms with van der Waals surface area (Å²) in [5.41, 5.74) is 4.63. The molecule has 7 nitrogen and oxygen atoms in total. The van der Waals surface area contributed by atoms with Crippen LogP contribution in [0, 0.1) is 0 Å². The molecule has 1 saturated heterocycles. The van der Waals surface area contributed by atoms with Gasteiger partial charge in [0.1, 0.15) is 0 Å². The van der Waals surface area contributed by atoms with E-state index in [-0.39, 0.29) is 5.91 Å². The molecule has 1 aliphatic heterocycles. The Labute approximate surface area is 189 Å². The average molecular weight is 436 g/mol. The summed E-state index contributed by atoms with van der Waals surface area (Å²) in [7, 11) is 0. The van der Waals surface area contributed by atoms with Gasteiger partial charge in [0.25, 0.3) is 5.91 Å². The van der Waals surface area contributed by atoms with Crippen LogP contribution in [0.2, 0.25) is 0 Å². The molecule has 1 amide bonds. The molecule has 3 heterocycles. The number of piperidine rings is 1. The lowest BCUT2D eigenvalue weighted by Crippen LogP contribution is -2.31. The van der Waals surface area contributed by atoms with Gasteiger partial charge in [0.15, 0.2) is 11.9 Å². The Morgan fingerprint density at radius 3 is 2.59 bits per heavy atom. The molecular weight excluding hydrogens is 402 g/mol. The van der Waals surface area contributed by atoms with Gasteiger partial charge in [-0.1, -0.05) is 18.6 Å². The monoisotopic (exact) mass is 435 g/mol. The van der Waals surface area contributed by atoms with Crippen molar-refractivity contribution in [2.45, 2.75) is 39.5 Å². The van der Waals surface area contributed by atoms with Crippen molar-refractivity contribution < 1.29 is 9.21 Å². The van der Waals surface area contributed by atoms with E-state index < -0.39 is 0 Å². The van der Waals surface area contributed by atoms with E-state index in [1.165, 1.54) is 38.7 Å². The molecular formula is C25H33N5O2. The van der Waals surface area contributed by atoms with Crippen molar-refractivity contribution in [1.29, 1.82) is 0 Å². The second-order valence-corrected chi connectivity index (χ2v) is 8.30. The highest BCUT2D eigenvalue weighted by atomic mass is 16.3. The SMILES string of the molecule is CCN(CC)C(=O)c1ccc(-c2cc(NCCCN3CCCCC3)c3ncoc3n2)cc1. The van der Waals surface area contributed by atoms with E-state index in [9.17, 15) is 4.79 Å². The number of rotatable bonds is 9. The highest BCUT2D eigenvalue weighted by Gasteiger charge is 2.15. The van der Waals surface area contributed by atoms with Crippen LogP contribution >= 0.6 is 0 Å². The van der Waals surface area contributed by atoms with Crippen LogP contribution in [0.25, 0.3) is 22.5 Å². The molecule has 1 aromatic carbocycles. The standard InChI is InChI=1S/C25H33N5O2/c1-3-30(4-2)25(31)20-11-9-19(10-12-20)21-17-22(23-24(28-21)32-18-27-23)26-13-8-16-29-14-6-5-7-15-29/h9-12,17-18H,3-8,13-16H2,1-2H3,(H,26,28). The van der Waals surface area contributed by atoms with E-state index in [0.717, 1.165) is 42.0 Å². The summed E-state index contributed by atoms with van der Waals surface area (Å²) in [6, 6.07) is 9.65. The number of hydrogen-bond acceptors (Lipinski definition) is 6. The minimum atomic E-state index is 0.0521. The number of hydrogen-bond donors (Lipinski definition) is 1. The lowest BCUT2D eigenvalue weighted by Gasteiger charge is -2.26. The molecule has 4 rings (SSSR count). The van der Waals surface area contributed by atoms with E-state index in [4.69, 9.17) is 4.42 Å². The fourth-order valence-corrected chi connectivity index (χ4v) is 4.32. The van der Waals surface area contributed by atoms with Crippen molar-refractivity contribution in [2.24, 2.45) is 0 Å². The third-order valence-electron chi connectivity index (χ3n) is 6.20. The summed E-state index contributed by atoms with van der Waals surface area (Å²) >= 11 is 0. The van der Waals surface area contributed by atoms with Crippen LogP contribution in [-0.2, 0) is 0 Å². The van der Waals surface area contributed by atoms with E-state index in [2.05, 4.69) is 20.2 Å². The maximum atomic E-state index is 12.6. The normalized spacial score (nSPS) is 14.6. The zero-order valence-corrected chi connectivity index (χ0v) is 19.1. The molecule has 0 atom stereocenters. The first-order valence-corrected chi connectivity index (χ1v) is 11.8. The summed E-state index contributed by atoms with van der Waals surface area (Å²) in [5, 5.41) is 3.53. The Morgan fingerprint density at radius 2 is 1.88 bits per heavy atom. The number of carbonyl (C=O) groups excluding carboxylic acids is 1. The first-order chi connectivity index (χ1) is 15.7. The van der Waals surface area contributed by atoms with Crippen LogP contribution in [0.3, 0.4) is 0 Å². The molecule has 1 aliphatic rings. The molecule has 0 saturated carbocycles. The largest absolute Gasteiger partial charge is 0.425 e. The minimum Gasteiger partial charge on any atom is -0.425 e. The molecule has 2 aromatic heterocycles. The first-order valence-electron chi connectivity index (χ1n) is 11.8. The summed E-state index contributed by atoms with van der Waals surface area (Å²) in [6.45, 7) is 9.83. The molecule has 170 valence electrons. The number of nitrogens with zero attached hydrogens (tertiary/aromatic N) is 4. The van der Waals surface area contributed by atoms with Gasteiger partial charge in [-0.3, -0.25) is 4.79 Å². The third-order valence-corrected chi connectivity index (χ3v) is 6.20. The summed E-state index contributed by atoms with van der Waals surface area (Å²) in [5.74, 6) is 0.0521. The number of carbonyl (C=O) groups is 1. The lowest BCUT2D eigenvalue weighted by atomic mass is 10.1. The second-order valence-electron chi connectivity index (χ2n) is 8.30.